The molecule has 1 aromatic rings. The van der Waals surface area contributed by atoms with Crippen LogP contribution in [-0.2, 0) is 10.6 Å². The largest absolute Gasteiger partial charge is 0.376 e. The van der Waals surface area contributed by atoms with Crippen LogP contribution in [0.4, 0.5) is 5.82 Å². The first kappa shape index (κ1) is 12.6. The Bertz CT molecular complexity index is 355. The van der Waals surface area contributed by atoms with Crippen molar-refractivity contribution < 1.29 is 4.74 Å². The van der Waals surface area contributed by atoms with Crippen LogP contribution in [0.3, 0.4) is 0 Å². The van der Waals surface area contributed by atoms with Crippen molar-refractivity contribution in [3.63, 3.8) is 0 Å². The Hall–Kier alpha value is -0.870. The van der Waals surface area contributed by atoms with Crippen LogP contribution in [-0.4, -0.2) is 36.3 Å². The van der Waals surface area contributed by atoms with Crippen molar-refractivity contribution in [3.05, 3.63) is 18.1 Å². The molecule has 0 spiro atoms. The molecule has 1 aromatic heterocycles. The Morgan fingerprint density at radius 3 is 3.06 bits per heavy atom. The number of nitrogens with zero attached hydrogens (tertiary/aromatic N) is 3. The SMILES string of the molecule is CN(CC1CCCCO1)c1cncc(CCl)n1. The van der Waals surface area contributed by atoms with Crippen LogP contribution in [0.25, 0.3) is 0 Å². The van der Waals surface area contributed by atoms with E-state index in [2.05, 4.69) is 14.9 Å². The Balaban J connectivity index is 1.95. The molecule has 1 atom stereocenters. The fourth-order valence-electron chi connectivity index (χ4n) is 1.99. The molecule has 0 saturated carbocycles. The maximum atomic E-state index is 5.75. The molecule has 1 saturated heterocycles. The van der Waals surface area contributed by atoms with Crippen LogP contribution in [0, 0.1) is 0 Å². The monoisotopic (exact) mass is 255 g/mol. The van der Waals surface area contributed by atoms with Crippen molar-refractivity contribution in [3.8, 4) is 0 Å². The first-order chi connectivity index (χ1) is 8.29. The molecule has 0 bridgehead atoms. The highest BCUT2D eigenvalue weighted by Gasteiger charge is 2.16. The van der Waals surface area contributed by atoms with Gasteiger partial charge in [0.1, 0.15) is 5.82 Å². The van der Waals surface area contributed by atoms with E-state index in [4.69, 9.17) is 16.3 Å². The first-order valence-corrected chi connectivity index (χ1v) is 6.52. The number of likely N-dealkylation sites (N-methyl/N-ethyl adjacent to an activating group) is 1. The van der Waals surface area contributed by atoms with Gasteiger partial charge in [0.25, 0.3) is 0 Å². The van der Waals surface area contributed by atoms with E-state index in [0.29, 0.717) is 12.0 Å². The summed E-state index contributed by atoms with van der Waals surface area (Å²) in [4.78, 5) is 10.7. The zero-order valence-electron chi connectivity index (χ0n) is 10.1. The molecule has 0 amide bonds. The van der Waals surface area contributed by atoms with Gasteiger partial charge in [-0.1, -0.05) is 0 Å². The van der Waals surface area contributed by atoms with Crippen LogP contribution in [0.1, 0.15) is 25.0 Å². The highest BCUT2D eigenvalue weighted by atomic mass is 35.5. The van der Waals surface area contributed by atoms with E-state index in [1.165, 1.54) is 12.8 Å². The molecule has 1 fully saturated rings. The summed E-state index contributed by atoms with van der Waals surface area (Å²) >= 11 is 5.75. The Morgan fingerprint density at radius 2 is 2.35 bits per heavy atom. The molecule has 4 nitrogen and oxygen atoms in total. The second kappa shape index (κ2) is 6.17. The topological polar surface area (TPSA) is 38.2 Å². The summed E-state index contributed by atoms with van der Waals surface area (Å²) < 4.78 is 5.71. The first-order valence-electron chi connectivity index (χ1n) is 5.99. The molecular weight excluding hydrogens is 238 g/mol. The van der Waals surface area contributed by atoms with Gasteiger partial charge in [0.05, 0.1) is 23.9 Å². The number of hydrogen-bond donors (Lipinski definition) is 0. The standard InChI is InChI=1S/C12H18ClN3O/c1-16(9-11-4-2-3-5-17-11)12-8-14-7-10(6-13)15-12/h7-8,11H,2-6,9H2,1H3. The van der Waals surface area contributed by atoms with E-state index in [0.717, 1.165) is 31.1 Å². The summed E-state index contributed by atoms with van der Waals surface area (Å²) in [5, 5.41) is 0. The maximum Gasteiger partial charge on any atom is 0.147 e. The third-order valence-electron chi connectivity index (χ3n) is 2.95. The molecule has 1 aliphatic heterocycles. The molecular formula is C12H18ClN3O. The fraction of sp³-hybridized carbons (Fsp3) is 0.667. The van der Waals surface area contributed by atoms with Gasteiger partial charge in [0.15, 0.2) is 0 Å². The number of ether oxygens (including phenoxy) is 1. The van der Waals surface area contributed by atoms with Gasteiger partial charge < -0.3 is 9.64 Å². The predicted molar refractivity (Wildman–Crippen MR) is 68.5 cm³/mol. The average Bonchev–Trinajstić information content (AvgIpc) is 2.40. The molecule has 1 aliphatic rings. The summed E-state index contributed by atoms with van der Waals surface area (Å²) in [6, 6.07) is 0. The Kier molecular flexibility index (Phi) is 4.57. The van der Waals surface area contributed by atoms with Gasteiger partial charge in [0.2, 0.25) is 0 Å². The lowest BCUT2D eigenvalue weighted by Crippen LogP contribution is -2.33. The van der Waals surface area contributed by atoms with Gasteiger partial charge >= 0.3 is 0 Å². The minimum atomic E-state index is 0.315. The number of aromatic nitrogens is 2. The molecule has 94 valence electrons. The molecule has 1 unspecified atom stereocenters. The highest BCUT2D eigenvalue weighted by molar-refractivity contribution is 6.16. The lowest BCUT2D eigenvalue weighted by atomic mass is 10.1. The highest BCUT2D eigenvalue weighted by Crippen LogP contribution is 2.16. The molecule has 0 aliphatic carbocycles. The average molecular weight is 256 g/mol. The molecule has 0 N–H and O–H groups in total. The van der Waals surface area contributed by atoms with E-state index in [9.17, 15) is 0 Å². The van der Waals surface area contributed by atoms with Crippen molar-refractivity contribution in [2.24, 2.45) is 0 Å². The van der Waals surface area contributed by atoms with E-state index in [1.807, 2.05) is 7.05 Å². The maximum absolute atomic E-state index is 5.75. The molecule has 17 heavy (non-hydrogen) atoms. The summed E-state index contributed by atoms with van der Waals surface area (Å²) in [6.45, 7) is 1.74. The lowest BCUT2D eigenvalue weighted by Gasteiger charge is -2.27. The summed E-state index contributed by atoms with van der Waals surface area (Å²) in [7, 11) is 2.01. The number of rotatable bonds is 4. The third kappa shape index (κ3) is 3.54. The molecule has 0 radical (unpaired) electrons. The normalized spacial score (nSPS) is 20.2. The zero-order chi connectivity index (χ0) is 12.1. The van der Waals surface area contributed by atoms with Crippen molar-refractivity contribution in [2.45, 2.75) is 31.2 Å². The van der Waals surface area contributed by atoms with Crippen LogP contribution in [0.15, 0.2) is 12.4 Å². The van der Waals surface area contributed by atoms with Gasteiger partial charge in [-0.3, -0.25) is 4.98 Å². The Morgan fingerprint density at radius 1 is 1.47 bits per heavy atom. The zero-order valence-corrected chi connectivity index (χ0v) is 10.9. The van der Waals surface area contributed by atoms with Gasteiger partial charge in [-0.25, -0.2) is 4.98 Å². The van der Waals surface area contributed by atoms with Crippen molar-refractivity contribution in [1.82, 2.24) is 9.97 Å². The van der Waals surface area contributed by atoms with Gasteiger partial charge in [-0.2, -0.15) is 0 Å². The third-order valence-corrected chi connectivity index (χ3v) is 3.23. The quantitative estimate of drug-likeness (QED) is 0.774. The Labute approximate surface area is 107 Å². The smallest absolute Gasteiger partial charge is 0.147 e. The minimum absolute atomic E-state index is 0.315. The van der Waals surface area contributed by atoms with E-state index >= 15 is 0 Å². The summed E-state index contributed by atoms with van der Waals surface area (Å²) in [6.07, 6.45) is 7.34. The van der Waals surface area contributed by atoms with Crippen LogP contribution in [0.2, 0.25) is 0 Å². The minimum Gasteiger partial charge on any atom is -0.376 e. The van der Waals surface area contributed by atoms with Crippen molar-refractivity contribution in [2.75, 3.05) is 25.1 Å². The molecule has 2 rings (SSSR count). The predicted octanol–water partition coefficient (Wildman–Crippen LogP) is 2.22. The molecule has 5 heteroatoms. The van der Waals surface area contributed by atoms with Crippen molar-refractivity contribution in [1.29, 1.82) is 0 Å². The lowest BCUT2D eigenvalue weighted by molar-refractivity contribution is 0.0215. The number of hydrogen-bond acceptors (Lipinski definition) is 4. The second-order valence-corrected chi connectivity index (χ2v) is 4.64. The van der Waals surface area contributed by atoms with Crippen LogP contribution >= 0.6 is 11.6 Å². The van der Waals surface area contributed by atoms with Crippen LogP contribution in [0.5, 0.6) is 0 Å². The molecule has 2 heterocycles. The van der Waals surface area contributed by atoms with E-state index in [1.54, 1.807) is 12.4 Å². The molecule has 0 aromatic carbocycles. The summed E-state index contributed by atoms with van der Waals surface area (Å²) in [5.41, 5.74) is 0.806. The van der Waals surface area contributed by atoms with Gasteiger partial charge in [0, 0.05) is 26.4 Å². The van der Waals surface area contributed by atoms with E-state index in [-0.39, 0.29) is 0 Å². The number of alkyl halides is 1. The second-order valence-electron chi connectivity index (χ2n) is 4.37. The summed E-state index contributed by atoms with van der Waals surface area (Å²) in [5.74, 6) is 1.26. The van der Waals surface area contributed by atoms with E-state index < -0.39 is 0 Å². The van der Waals surface area contributed by atoms with Crippen LogP contribution < -0.4 is 4.90 Å². The fourth-order valence-corrected chi connectivity index (χ4v) is 2.12. The van der Waals surface area contributed by atoms with Crippen molar-refractivity contribution >= 4 is 17.4 Å². The number of anilines is 1. The van der Waals surface area contributed by atoms with Gasteiger partial charge in [-0.05, 0) is 19.3 Å². The van der Waals surface area contributed by atoms with Gasteiger partial charge in [-0.15, -0.1) is 11.6 Å². The number of halogens is 1.